The molecule has 5 heteroatoms. The topological polar surface area (TPSA) is 59.5 Å². The SMILES string of the molecule is O=C1[C@@H]2[C@H](C(=O)N1Cc1ccncc1)[C@@H]1CC[C@@H]2O1. The van der Waals surface area contributed by atoms with Crippen LogP contribution >= 0.6 is 0 Å². The summed E-state index contributed by atoms with van der Waals surface area (Å²) in [7, 11) is 0. The molecule has 1 aromatic rings. The zero-order valence-electron chi connectivity index (χ0n) is 10.4. The maximum absolute atomic E-state index is 12.4. The van der Waals surface area contributed by atoms with Crippen LogP contribution in [0.2, 0.25) is 0 Å². The van der Waals surface area contributed by atoms with Gasteiger partial charge in [0, 0.05) is 12.4 Å². The van der Waals surface area contributed by atoms with E-state index in [1.54, 1.807) is 12.4 Å². The second-order valence-electron chi connectivity index (χ2n) is 5.46. The van der Waals surface area contributed by atoms with Crippen LogP contribution in [-0.2, 0) is 20.9 Å². The number of pyridine rings is 1. The number of nitrogens with zero attached hydrogens (tertiary/aromatic N) is 2. The van der Waals surface area contributed by atoms with Gasteiger partial charge in [0.1, 0.15) is 0 Å². The first kappa shape index (κ1) is 11.1. The highest BCUT2D eigenvalue weighted by atomic mass is 16.5. The van der Waals surface area contributed by atoms with Gasteiger partial charge >= 0.3 is 0 Å². The highest BCUT2D eigenvalue weighted by molar-refractivity contribution is 6.06. The molecule has 3 fully saturated rings. The number of ether oxygens (including phenoxy) is 1. The van der Waals surface area contributed by atoms with E-state index in [1.807, 2.05) is 12.1 Å². The molecule has 0 radical (unpaired) electrons. The maximum Gasteiger partial charge on any atom is 0.236 e. The van der Waals surface area contributed by atoms with Crippen molar-refractivity contribution >= 4 is 11.8 Å². The van der Waals surface area contributed by atoms with Crippen LogP contribution in [0.4, 0.5) is 0 Å². The van der Waals surface area contributed by atoms with Gasteiger partial charge in [-0.15, -0.1) is 0 Å². The molecule has 0 saturated carbocycles. The van der Waals surface area contributed by atoms with Crippen LogP contribution < -0.4 is 0 Å². The van der Waals surface area contributed by atoms with Gasteiger partial charge < -0.3 is 4.74 Å². The zero-order chi connectivity index (χ0) is 13.0. The Bertz CT molecular complexity index is 517. The van der Waals surface area contributed by atoms with Crippen LogP contribution in [-0.4, -0.2) is 33.9 Å². The van der Waals surface area contributed by atoms with Crippen LogP contribution in [0.3, 0.4) is 0 Å². The molecule has 2 bridgehead atoms. The summed E-state index contributed by atoms with van der Waals surface area (Å²) in [5.41, 5.74) is 0.935. The van der Waals surface area contributed by atoms with Gasteiger partial charge in [-0.1, -0.05) is 0 Å². The molecule has 0 spiro atoms. The molecule has 4 rings (SSSR count). The number of rotatable bonds is 2. The van der Waals surface area contributed by atoms with Gasteiger partial charge in [-0.25, -0.2) is 0 Å². The molecule has 98 valence electrons. The summed E-state index contributed by atoms with van der Waals surface area (Å²) in [6.45, 7) is 0.354. The Morgan fingerprint density at radius 2 is 1.68 bits per heavy atom. The molecule has 5 nitrogen and oxygen atoms in total. The molecule has 2 amide bonds. The number of imide groups is 1. The first-order chi connectivity index (χ1) is 9.25. The second-order valence-corrected chi connectivity index (χ2v) is 5.46. The summed E-state index contributed by atoms with van der Waals surface area (Å²) in [4.78, 5) is 30.1. The summed E-state index contributed by atoms with van der Waals surface area (Å²) in [6, 6.07) is 3.67. The predicted octanol–water partition coefficient (Wildman–Crippen LogP) is 0.744. The molecule has 0 aromatic carbocycles. The minimum absolute atomic E-state index is 0.0334. The first-order valence-electron chi connectivity index (χ1n) is 6.65. The number of hydrogen-bond donors (Lipinski definition) is 0. The lowest BCUT2D eigenvalue weighted by Gasteiger charge is -2.17. The molecule has 3 aliphatic rings. The van der Waals surface area contributed by atoms with Gasteiger partial charge in [0.05, 0.1) is 30.6 Å². The van der Waals surface area contributed by atoms with Gasteiger partial charge in [-0.05, 0) is 30.5 Å². The highest BCUT2D eigenvalue weighted by Gasteiger charge is 2.62. The van der Waals surface area contributed by atoms with Gasteiger partial charge in [0.25, 0.3) is 0 Å². The summed E-state index contributed by atoms with van der Waals surface area (Å²) in [6.07, 6.45) is 5.10. The van der Waals surface area contributed by atoms with Crippen molar-refractivity contribution in [3.63, 3.8) is 0 Å². The van der Waals surface area contributed by atoms with Gasteiger partial charge in [0.15, 0.2) is 0 Å². The average molecular weight is 258 g/mol. The Labute approximate surface area is 110 Å². The van der Waals surface area contributed by atoms with Crippen LogP contribution in [0.5, 0.6) is 0 Å². The van der Waals surface area contributed by atoms with E-state index < -0.39 is 0 Å². The smallest absolute Gasteiger partial charge is 0.236 e. The predicted molar refractivity (Wildman–Crippen MR) is 64.7 cm³/mol. The van der Waals surface area contributed by atoms with Crippen molar-refractivity contribution in [2.24, 2.45) is 11.8 Å². The first-order valence-corrected chi connectivity index (χ1v) is 6.65. The molecule has 1 aromatic heterocycles. The third kappa shape index (κ3) is 1.48. The monoisotopic (exact) mass is 258 g/mol. The Morgan fingerprint density at radius 1 is 1.11 bits per heavy atom. The summed E-state index contributed by atoms with van der Waals surface area (Å²) >= 11 is 0. The molecular formula is C14H14N2O3. The number of likely N-dealkylation sites (tertiary alicyclic amines) is 1. The largest absolute Gasteiger partial charge is 0.373 e. The fourth-order valence-electron chi connectivity index (χ4n) is 3.60. The molecule has 0 aliphatic carbocycles. The lowest BCUT2D eigenvalue weighted by atomic mass is 9.81. The van der Waals surface area contributed by atoms with Crippen LogP contribution in [0.25, 0.3) is 0 Å². The molecule has 4 heterocycles. The molecular weight excluding hydrogens is 244 g/mol. The number of carbonyl (C=O) groups is 2. The average Bonchev–Trinajstić information content (AvgIpc) is 3.10. The Morgan fingerprint density at radius 3 is 2.26 bits per heavy atom. The Hall–Kier alpha value is -1.75. The van der Waals surface area contributed by atoms with E-state index in [0.717, 1.165) is 18.4 Å². The van der Waals surface area contributed by atoms with Crippen LogP contribution in [0.15, 0.2) is 24.5 Å². The number of aromatic nitrogens is 1. The minimum Gasteiger partial charge on any atom is -0.373 e. The zero-order valence-corrected chi connectivity index (χ0v) is 10.4. The minimum atomic E-state index is -0.229. The Balaban J connectivity index is 1.61. The lowest BCUT2D eigenvalue weighted by molar-refractivity contribution is -0.143. The van der Waals surface area contributed by atoms with Crippen molar-refractivity contribution in [3.05, 3.63) is 30.1 Å². The van der Waals surface area contributed by atoms with Crippen molar-refractivity contribution in [1.29, 1.82) is 0 Å². The fourth-order valence-corrected chi connectivity index (χ4v) is 3.60. The summed E-state index contributed by atoms with van der Waals surface area (Å²) in [5, 5.41) is 0. The van der Waals surface area contributed by atoms with Gasteiger partial charge in [-0.2, -0.15) is 0 Å². The van der Waals surface area contributed by atoms with Crippen LogP contribution in [0.1, 0.15) is 18.4 Å². The van der Waals surface area contributed by atoms with Gasteiger partial charge in [-0.3, -0.25) is 19.5 Å². The molecule has 3 saturated heterocycles. The second kappa shape index (κ2) is 3.87. The number of hydrogen-bond acceptors (Lipinski definition) is 4. The standard InChI is InChI=1S/C14H14N2O3/c17-13-11-9-1-2-10(19-9)12(11)14(18)16(13)7-8-3-5-15-6-4-8/h3-6,9-12H,1-2,7H2/t9-,10-,11-,12+/m0/s1. The maximum atomic E-state index is 12.4. The van der Waals surface area contributed by atoms with E-state index in [9.17, 15) is 9.59 Å². The highest BCUT2D eigenvalue weighted by Crippen LogP contribution is 2.48. The molecule has 0 N–H and O–H groups in total. The molecule has 0 unspecified atom stereocenters. The third-order valence-corrected chi connectivity index (χ3v) is 4.47. The van der Waals surface area contributed by atoms with Crippen molar-refractivity contribution < 1.29 is 14.3 Å². The van der Waals surface area contributed by atoms with Crippen molar-refractivity contribution in [1.82, 2.24) is 9.88 Å². The van der Waals surface area contributed by atoms with Crippen molar-refractivity contribution in [3.8, 4) is 0 Å². The van der Waals surface area contributed by atoms with E-state index in [1.165, 1.54) is 4.90 Å². The van der Waals surface area contributed by atoms with E-state index in [-0.39, 0.29) is 35.9 Å². The van der Waals surface area contributed by atoms with E-state index >= 15 is 0 Å². The third-order valence-electron chi connectivity index (χ3n) is 4.47. The molecule has 3 aliphatic heterocycles. The number of carbonyl (C=O) groups excluding carboxylic acids is 2. The van der Waals surface area contributed by atoms with Crippen molar-refractivity contribution in [2.45, 2.75) is 31.6 Å². The van der Waals surface area contributed by atoms with Crippen molar-refractivity contribution in [2.75, 3.05) is 0 Å². The van der Waals surface area contributed by atoms with Gasteiger partial charge in [0.2, 0.25) is 11.8 Å². The fraction of sp³-hybridized carbons (Fsp3) is 0.500. The van der Waals surface area contributed by atoms with E-state index in [2.05, 4.69) is 4.98 Å². The number of amides is 2. The van der Waals surface area contributed by atoms with E-state index in [0.29, 0.717) is 6.54 Å². The molecule has 4 atom stereocenters. The quantitative estimate of drug-likeness (QED) is 0.734. The number of fused-ring (bicyclic) bond motifs is 5. The summed E-state index contributed by atoms with van der Waals surface area (Å²) in [5.74, 6) is -0.570. The van der Waals surface area contributed by atoms with E-state index in [4.69, 9.17) is 4.74 Å². The summed E-state index contributed by atoms with van der Waals surface area (Å²) < 4.78 is 5.70. The normalized spacial score (nSPS) is 36.1. The lowest BCUT2D eigenvalue weighted by Crippen LogP contribution is -2.33. The molecule has 19 heavy (non-hydrogen) atoms. The Kier molecular flexibility index (Phi) is 2.26. The van der Waals surface area contributed by atoms with Crippen LogP contribution in [0, 0.1) is 11.8 Å².